The molecular formula is C19H21ClN4O. The van der Waals surface area contributed by atoms with Crippen molar-refractivity contribution < 1.29 is 4.79 Å². The number of nitrogens with one attached hydrogen (secondary N) is 2. The summed E-state index contributed by atoms with van der Waals surface area (Å²) < 4.78 is 2.11. The van der Waals surface area contributed by atoms with Gasteiger partial charge in [-0.05, 0) is 43.2 Å². The van der Waals surface area contributed by atoms with E-state index in [1.807, 2.05) is 55.5 Å². The molecule has 130 valence electrons. The van der Waals surface area contributed by atoms with Gasteiger partial charge in [0.25, 0.3) is 0 Å². The highest BCUT2D eigenvalue weighted by molar-refractivity contribution is 6.30. The van der Waals surface area contributed by atoms with Gasteiger partial charge in [-0.3, -0.25) is 0 Å². The predicted molar refractivity (Wildman–Crippen MR) is 101 cm³/mol. The van der Waals surface area contributed by atoms with Crippen LogP contribution in [0.15, 0.2) is 48.5 Å². The van der Waals surface area contributed by atoms with Gasteiger partial charge in [-0.25, -0.2) is 9.78 Å². The average Bonchev–Trinajstić information content (AvgIpc) is 2.91. The average molecular weight is 357 g/mol. The van der Waals surface area contributed by atoms with Crippen LogP contribution in [0.2, 0.25) is 5.02 Å². The Kier molecular flexibility index (Phi) is 5.56. The normalized spacial score (nSPS) is 10.8. The maximum absolute atomic E-state index is 11.9. The molecular weight excluding hydrogens is 336 g/mol. The molecule has 0 atom stereocenters. The molecule has 5 nitrogen and oxygen atoms in total. The number of hydrogen-bond acceptors (Lipinski definition) is 2. The van der Waals surface area contributed by atoms with Crippen LogP contribution in [0.5, 0.6) is 0 Å². The van der Waals surface area contributed by atoms with E-state index in [2.05, 4.69) is 20.2 Å². The second-order valence-corrected chi connectivity index (χ2v) is 6.30. The topological polar surface area (TPSA) is 59.0 Å². The molecule has 2 N–H and O–H groups in total. The number of nitrogens with zero attached hydrogens (tertiary/aromatic N) is 2. The Hall–Kier alpha value is -2.53. The zero-order chi connectivity index (χ0) is 17.6. The molecule has 0 spiro atoms. The maximum atomic E-state index is 11.9. The Bertz CT molecular complexity index is 875. The molecule has 0 aliphatic heterocycles. The fourth-order valence-corrected chi connectivity index (χ4v) is 3.05. The van der Waals surface area contributed by atoms with Crippen molar-refractivity contribution in [2.75, 3.05) is 13.1 Å². The van der Waals surface area contributed by atoms with Gasteiger partial charge in [-0.1, -0.05) is 35.9 Å². The van der Waals surface area contributed by atoms with E-state index >= 15 is 0 Å². The van der Waals surface area contributed by atoms with Crippen LogP contribution < -0.4 is 10.6 Å². The van der Waals surface area contributed by atoms with Crippen molar-refractivity contribution >= 4 is 28.7 Å². The number of halogens is 1. The monoisotopic (exact) mass is 356 g/mol. The number of rotatable bonds is 6. The second-order valence-electron chi connectivity index (χ2n) is 5.86. The molecule has 0 bridgehead atoms. The third-order valence-corrected chi connectivity index (χ3v) is 4.29. The molecule has 0 saturated heterocycles. The molecule has 0 aliphatic rings. The summed E-state index contributed by atoms with van der Waals surface area (Å²) in [7, 11) is 0. The molecule has 1 heterocycles. The standard InChI is InChI=1S/C19H21ClN4O/c1-14-23-17-7-2-3-8-18(17)24(14)12-11-22-19(25)21-10-9-15-5-4-6-16(20)13-15/h2-8,13H,9-12H2,1H3,(H2,21,22,25). The summed E-state index contributed by atoms with van der Waals surface area (Å²) in [4.78, 5) is 16.4. The van der Waals surface area contributed by atoms with Gasteiger partial charge in [0, 0.05) is 24.7 Å². The third-order valence-electron chi connectivity index (χ3n) is 4.05. The summed E-state index contributed by atoms with van der Waals surface area (Å²) in [5, 5.41) is 6.46. The lowest BCUT2D eigenvalue weighted by molar-refractivity contribution is 0.240. The smallest absolute Gasteiger partial charge is 0.314 e. The molecule has 0 fully saturated rings. The van der Waals surface area contributed by atoms with Crippen LogP contribution in [0.4, 0.5) is 4.79 Å². The van der Waals surface area contributed by atoms with Crippen LogP contribution in [0.25, 0.3) is 11.0 Å². The van der Waals surface area contributed by atoms with Crippen LogP contribution in [-0.2, 0) is 13.0 Å². The Morgan fingerprint density at radius 2 is 1.92 bits per heavy atom. The van der Waals surface area contributed by atoms with E-state index in [0.717, 1.165) is 28.8 Å². The number of benzene rings is 2. The summed E-state index contributed by atoms with van der Waals surface area (Å²) in [5.74, 6) is 0.948. The Labute approximate surface area is 152 Å². The molecule has 6 heteroatoms. The van der Waals surface area contributed by atoms with E-state index in [0.29, 0.717) is 24.7 Å². The number of aromatic nitrogens is 2. The van der Waals surface area contributed by atoms with Crippen molar-refractivity contribution in [1.29, 1.82) is 0 Å². The minimum Gasteiger partial charge on any atom is -0.338 e. The van der Waals surface area contributed by atoms with Gasteiger partial charge < -0.3 is 15.2 Å². The van der Waals surface area contributed by atoms with Crippen molar-refractivity contribution in [2.45, 2.75) is 19.9 Å². The van der Waals surface area contributed by atoms with Gasteiger partial charge in [-0.15, -0.1) is 0 Å². The molecule has 0 unspecified atom stereocenters. The number of imidazole rings is 1. The minimum atomic E-state index is -0.163. The van der Waals surface area contributed by atoms with Crippen LogP contribution in [0, 0.1) is 6.92 Å². The first-order valence-electron chi connectivity index (χ1n) is 8.31. The van der Waals surface area contributed by atoms with Gasteiger partial charge in [0.2, 0.25) is 0 Å². The molecule has 3 aromatic rings. The van der Waals surface area contributed by atoms with Crippen LogP contribution in [-0.4, -0.2) is 28.7 Å². The van der Waals surface area contributed by atoms with E-state index in [1.165, 1.54) is 0 Å². The Balaban J connectivity index is 1.44. The van der Waals surface area contributed by atoms with E-state index in [-0.39, 0.29) is 6.03 Å². The van der Waals surface area contributed by atoms with Crippen LogP contribution in [0.3, 0.4) is 0 Å². The highest BCUT2D eigenvalue weighted by Crippen LogP contribution is 2.14. The number of para-hydroxylation sites is 2. The zero-order valence-corrected chi connectivity index (χ0v) is 14.9. The second kappa shape index (κ2) is 8.03. The highest BCUT2D eigenvalue weighted by atomic mass is 35.5. The summed E-state index contributed by atoms with van der Waals surface area (Å²) >= 11 is 5.95. The van der Waals surface area contributed by atoms with Gasteiger partial charge in [0.1, 0.15) is 5.82 Å². The van der Waals surface area contributed by atoms with E-state index in [1.54, 1.807) is 0 Å². The largest absolute Gasteiger partial charge is 0.338 e. The number of amides is 2. The van der Waals surface area contributed by atoms with Crippen LogP contribution in [0.1, 0.15) is 11.4 Å². The number of urea groups is 1. The zero-order valence-electron chi connectivity index (χ0n) is 14.1. The number of aryl methyl sites for hydroxylation is 1. The summed E-state index contributed by atoms with van der Waals surface area (Å²) in [6.07, 6.45) is 0.749. The SMILES string of the molecule is Cc1nc2ccccc2n1CCNC(=O)NCCc1cccc(Cl)c1. The minimum absolute atomic E-state index is 0.163. The third kappa shape index (κ3) is 4.51. The fraction of sp³-hybridized carbons (Fsp3) is 0.263. The van der Waals surface area contributed by atoms with E-state index in [4.69, 9.17) is 11.6 Å². The number of fused-ring (bicyclic) bond motifs is 1. The molecule has 0 aliphatic carbocycles. The van der Waals surface area contributed by atoms with Gasteiger partial charge >= 0.3 is 6.03 Å². The quantitative estimate of drug-likeness (QED) is 0.709. The highest BCUT2D eigenvalue weighted by Gasteiger charge is 2.07. The lowest BCUT2D eigenvalue weighted by Crippen LogP contribution is -2.38. The molecule has 2 aromatic carbocycles. The molecule has 25 heavy (non-hydrogen) atoms. The molecule has 0 saturated carbocycles. The Morgan fingerprint density at radius 3 is 2.76 bits per heavy atom. The number of carbonyl (C=O) groups excluding carboxylic acids is 1. The lowest BCUT2D eigenvalue weighted by Gasteiger charge is -2.10. The first-order chi connectivity index (χ1) is 12.1. The van der Waals surface area contributed by atoms with Gasteiger partial charge in [-0.2, -0.15) is 0 Å². The summed E-state index contributed by atoms with van der Waals surface area (Å²) in [6.45, 7) is 3.78. The fourth-order valence-electron chi connectivity index (χ4n) is 2.83. The van der Waals surface area contributed by atoms with Gasteiger partial charge in [0.05, 0.1) is 11.0 Å². The maximum Gasteiger partial charge on any atom is 0.314 e. The summed E-state index contributed by atoms with van der Waals surface area (Å²) in [5.41, 5.74) is 3.17. The number of hydrogen-bond donors (Lipinski definition) is 2. The number of carbonyl (C=O) groups is 1. The summed E-state index contributed by atoms with van der Waals surface area (Å²) in [6, 6.07) is 15.5. The first-order valence-corrected chi connectivity index (χ1v) is 8.69. The van der Waals surface area contributed by atoms with E-state index < -0.39 is 0 Å². The van der Waals surface area contributed by atoms with E-state index in [9.17, 15) is 4.79 Å². The lowest BCUT2D eigenvalue weighted by atomic mass is 10.1. The molecule has 1 aromatic heterocycles. The Morgan fingerprint density at radius 1 is 1.12 bits per heavy atom. The van der Waals surface area contributed by atoms with Crippen LogP contribution >= 0.6 is 11.6 Å². The van der Waals surface area contributed by atoms with Crippen molar-refractivity contribution in [3.8, 4) is 0 Å². The van der Waals surface area contributed by atoms with Crippen molar-refractivity contribution in [2.24, 2.45) is 0 Å². The predicted octanol–water partition coefficient (Wildman–Crippen LogP) is 3.54. The molecule has 0 radical (unpaired) electrons. The van der Waals surface area contributed by atoms with Crippen molar-refractivity contribution in [3.63, 3.8) is 0 Å². The van der Waals surface area contributed by atoms with Gasteiger partial charge in [0.15, 0.2) is 0 Å². The molecule has 3 rings (SSSR count). The molecule has 2 amide bonds. The first kappa shape index (κ1) is 17.3. The van der Waals surface area contributed by atoms with Crippen molar-refractivity contribution in [3.05, 3.63) is 64.9 Å². The van der Waals surface area contributed by atoms with Crippen molar-refractivity contribution in [1.82, 2.24) is 20.2 Å².